The lowest BCUT2D eigenvalue weighted by Gasteiger charge is -2.38. The van der Waals surface area contributed by atoms with E-state index < -0.39 is 5.60 Å². The first-order chi connectivity index (χ1) is 8.26. The second kappa shape index (κ2) is 6.70. The average molecular weight is 239 g/mol. The summed E-state index contributed by atoms with van der Waals surface area (Å²) in [7, 11) is 0. The smallest absolute Gasteiger partial charge is 0.0841 e. The van der Waals surface area contributed by atoms with E-state index in [0.717, 1.165) is 6.42 Å². The van der Waals surface area contributed by atoms with E-state index >= 15 is 0 Å². The molecule has 1 saturated heterocycles. The molecule has 0 saturated carbocycles. The number of ether oxygens (including phenoxy) is 1. The molecule has 17 heavy (non-hydrogen) atoms. The van der Waals surface area contributed by atoms with Crippen molar-refractivity contribution in [3.05, 3.63) is 25.8 Å². The van der Waals surface area contributed by atoms with E-state index in [1.165, 1.54) is 0 Å². The van der Waals surface area contributed by atoms with Crippen LogP contribution in [0.5, 0.6) is 0 Å². The highest BCUT2D eigenvalue weighted by atomic mass is 16.5. The monoisotopic (exact) mass is 239 g/mol. The van der Waals surface area contributed by atoms with Gasteiger partial charge in [-0.15, -0.1) is 0 Å². The molecule has 0 radical (unpaired) electrons. The van der Waals surface area contributed by atoms with E-state index in [-0.39, 0.29) is 25.6 Å². The lowest BCUT2D eigenvalue weighted by molar-refractivity contribution is -0.0827. The average Bonchev–Trinajstić information content (AvgIpc) is 2.35. The van der Waals surface area contributed by atoms with E-state index in [9.17, 15) is 4.91 Å². The Hall–Kier alpha value is -1.82. The Morgan fingerprint density at radius 1 is 1.29 bits per heavy atom. The highest BCUT2D eigenvalue weighted by Gasteiger charge is 2.36. The second-order valence-electron chi connectivity index (χ2n) is 3.98. The summed E-state index contributed by atoms with van der Waals surface area (Å²) < 4.78 is 5.57. The Labute approximate surface area is 97.4 Å². The van der Waals surface area contributed by atoms with Crippen molar-refractivity contribution in [1.29, 1.82) is 0 Å². The zero-order chi connectivity index (χ0) is 12.6. The van der Waals surface area contributed by atoms with Crippen LogP contribution in [0.15, 0.2) is 15.4 Å². The molecule has 9 heteroatoms. The van der Waals surface area contributed by atoms with Crippen LogP contribution in [0.1, 0.15) is 12.8 Å². The molecule has 0 aromatic heterocycles. The van der Waals surface area contributed by atoms with Crippen LogP contribution in [0.25, 0.3) is 20.9 Å². The first-order valence-electron chi connectivity index (χ1n) is 5.21. The topological polar surface area (TPSA) is 136 Å². The molecule has 1 atom stereocenters. The molecule has 0 aliphatic carbocycles. The molecule has 1 fully saturated rings. The summed E-state index contributed by atoms with van der Waals surface area (Å²) in [6.07, 6.45) is 1.25. The van der Waals surface area contributed by atoms with Crippen LogP contribution in [-0.4, -0.2) is 31.8 Å². The molecule has 92 valence electrons. The fourth-order valence-corrected chi connectivity index (χ4v) is 1.98. The summed E-state index contributed by atoms with van der Waals surface area (Å²) in [6, 6.07) is 0. The minimum absolute atomic E-state index is 0.0871. The SMILES string of the molecule is [N-]=[N+]=NCC1(CN=[N+]=[N-])CC(CN=O)CCO1. The first-order valence-corrected chi connectivity index (χ1v) is 5.21. The Kier molecular flexibility index (Phi) is 5.22. The van der Waals surface area contributed by atoms with Gasteiger partial charge in [0, 0.05) is 16.4 Å². The van der Waals surface area contributed by atoms with E-state index in [2.05, 4.69) is 25.2 Å². The molecule has 1 heterocycles. The van der Waals surface area contributed by atoms with Crippen LogP contribution in [0, 0.1) is 10.8 Å². The normalized spacial score (nSPS) is 27.6. The van der Waals surface area contributed by atoms with Gasteiger partial charge in [-0.25, -0.2) is 0 Å². The van der Waals surface area contributed by atoms with Crippen molar-refractivity contribution in [2.24, 2.45) is 21.3 Å². The van der Waals surface area contributed by atoms with Crippen molar-refractivity contribution in [1.82, 2.24) is 0 Å². The summed E-state index contributed by atoms with van der Waals surface area (Å²) in [5, 5.41) is 9.83. The number of nitroso groups, excluding NO2 is 1. The number of rotatable bonds is 6. The van der Waals surface area contributed by atoms with Gasteiger partial charge in [-0.05, 0) is 29.8 Å². The fraction of sp³-hybridized carbons (Fsp3) is 1.00. The minimum Gasteiger partial charge on any atom is -0.375 e. The van der Waals surface area contributed by atoms with E-state index in [4.69, 9.17) is 15.8 Å². The number of nitrogens with zero attached hydrogens (tertiary/aromatic N) is 7. The number of azide groups is 2. The van der Waals surface area contributed by atoms with Crippen molar-refractivity contribution < 1.29 is 4.74 Å². The molecule has 0 bridgehead atoms. The summed E-state index contributed by atoms with van der Waals surface area (Å²) in [5.41, 5.74) is 15.9. The van der Waals surface area contributed by atoms with Crippen LogP contribution in [0.4, 0.5) is 0 Å². The standard InChI is InChI=1S/C8H13N7O2/c9-14-11-5-8(6-12-15-10)3-7(4-13-16)1-2-17-8/h7H,1-6H2. The predicted octanol–water partition coefficient (Wildman–Crippen LogP) is 2.54. The van der Waals surface area contributed by atoms with Crippen LogP contribution >= 0.6 is 0 Å². The number of hydrogen-bond acceptors (Lipinski definition) is 5. The molecule has 0 spiro atoms. The minimum atomic E-state index is -0.786. The predicted molar refractivity (Wildman–Crippen MR) is 60.1 cm³/mol. The van der Waals surface area contributed by atoms with Crippen molar-refractivity contribution in [2.75, 3.05) is 26.2 Å². The highest BCUT2D eigenvalue weighted by molar-refractivity contribution is 4.92. The second-order valence-corrected chi connectivity index (χ2v) is 3.98. The largest absolute Gasteiger partial charge is 0.375 e. The van der Waals surface area contributed by atoms with Crippen molar-refractivity contribution >= 4 is 0 Å². The lowest BCUT2D eigenvalue weighted by Crippen LogP contribution is -2.45. The molecule has 0 aromatic carbocycles. The molecule has 1 rings (SSSR count). The third-order valence-electron chi connectivity index (χ3n) is 2.77. The summed E-state index contributed by atoms with van der Waals surface area (Å²) >= 11 is 0. The summed E-state index contributed by atoms with van der Waals surface area (Å²) in [4.78, 5) is 15.6. The summed E-state index contributed by atoms with van der Waals surface area (Å²) in [5.74, 6) is 0.0871. The number of hydrogen-bond donors (Lipinski definition) is 0. The molecule has 1 aliphatic rings. The van der Waals surface area contributed by atoms with Gasteiger partial charge in [-0.2, -0.15) is 4.91 Å². The van der Waals surface area contributed by atoms with Gasteiger partial charge < -0.3 is 4.74 Å². The van der Waals surface area contributed by atoms with Gasteiger partial charge >= 0.3 is 0 Å². The highest BCUT2D eigenvalue weighted by Crippen LogP contribution is 2.30. The molecule has 1 unspecified atom stereocenters. The Bertz CT molecular complexity index is 339. The molecular weight excluding hydrogens is 226 g/mol. The third kappa shape index (κ3) is 3.92. The zero-order valence-electron chi connectivity index (χ0n) is 9.27. The van der Waals surface area contributed by atoms with Crippen LogP contribution < -0.4 is 0 Å². The quantitative estimate of drug-likeness (QED) is 0.304. The molecule has 1 aliphatic heterocycles. The Morgan fingerprint density at radius 2 is 1.94 bits per heavy atom. The molecule has 0 aromatic rings. The third-order valence-corrected chi connectivity index (χ3v) is 2.77. The Morgan fingerprint density at radius 3 is 2.47 bits per heavy atom. The maximum Gasteiger partial charge on any atom is 0.0841 e. The van der Waals surface area contributed by atoms with E-state index in [1.54, 1.807) is 0 Å². The lowest BCUT2D eigenvalue weighted by atomic mass is 9.86. The van der Waals surface area contributed by atoms with Gasteiger partial charge in [0.1, 0.15) is 0 Å². The van der Waals surface area contributed by atoms with Gasteiger partial charge in [0.2, 0.25) is 0 Å². The maximum atomic E-state index is 10.3. The molecule has 9 nitrogen and oxygen atoms in total. The van der Waals surface area contributed by atoms with Crippen molar-refractivity contribution in [2.45, 2.75) is 18.4 Å². The van der Waals surface area contributed by atoms with E-state index in [1.807, 2.05) is 0 Å². The van der Waals surface area contributed by atoms with Gasteiger partial charge in [-0.1, -0.05) is 15.4 Å². The molecular formula is C8H13N7O2. The van der Waals surface area contributed by atoms with Gasteiger partial charge in [0.05, 0.1) is 25.2 Å². The Balaban J connectivity index is 2.75. The van der Waals surface area contributed by atoms with Crippen molar-refractivity contribution in [3.63, 3.8) is 0 Å². The van der Waals surface area contributed by atoms with Crippen LogP contribution in [0.3, 0.4) is 0 Å². The maximum absolute atomic E-state index is 10.3. The fourth-order valence-electron chi connectivity index (χ4n) is 1.98. The van der Waals surface area contributed by atoms with Crippen LogP contribution in [0.2, 0.25) is 0 Å². The molecule has 0 N–H and O–H groups in total. The summed E-state index contributed by atoms with van der Waals surface area (Å²) in [6.45, 7) is 0.843. The van der Waals surface area contributed by atoms with Gasteiger partial charge in [0.15, 0.2) is 0 Å². The van der Waals surface area contributed by atoms with E-state index in [0.29, 0.717) is 13.0 Å². The molecule has 0 amide bonds. The van der Waals surface area contributed by atoms with Crippen molar-refractivity contribution in [3.8, 4) is 0 Å². The zero-order valence-corrected chi connectivity index (χ0v) is 9.27. The van der Waals surface area contributed by atoms with Crippen LogP contribution in [-0.2, 0) is 4.74 Å². The van der Waals surface area contributed by atoms with Gasteiger partial charge in [-0.3, -0.25) is 0 Å². The first kappa shape index (κ1) is 13.2. The van der Waals surface area contributed by atoms with Gasteiger partial charge in [0.25, 0.3) is 0 Å².